The Balaban J connectivity index is 1.78. The monoisotopic (exact) mass is 315 g/mol. The Bertz CT molecular complexity index is 783. The van der Waals surface area contributed by atoms with Crippen molar-refractivity contribution in [3.05, 3.63) is 30.1 Å². The summed E-state index contributed by atoms with van der Waals surface area (Å²) in [6.45, 7) is 5.35. The molecule has 8 heteroatoms. The highest BCUT2D eigenvalue weighted by molar-refractivity contribution is 5.99. The van der Waals surface area contributed by atoms with E-state index in [0.717, 1.165) is 5.69 Å². The highest BCUT2D eigenvalue weighted by atomic mass is 16.4. The van der Waals surface area contributed by atoms with E-state index in [9.17, 15) is 9.59 Å². The first-order valence-corrected chi connectivity index (χ1v) is 7.21. The van der Waals surface area contributed by atoms with Gasteiger partial charge >= 0.3 is 5.97 Å². The summed E-state index contributed by atoms with van der Waals surface area (Å²) in [7, 11) is 0. The van der Waals surface area contributed by atoms with Gasteiger partial charge in [-0.2, -0.15) is 4.68 Å². The van der Waals surface area contributed by atoms with E-state index in [4.69, 9.17) is 5.11 Å². The number of aliphatic carboxylic acids is 1. The van der Waals surface area contributed by atoms with Gasteiger partial charge in [0.15, 0.2) is 5.82 Å². The second kappa shape index (κ2) is 5.15. The van der Waals surface area contributed by atoms with Crippen molar-refractivity contribution in [3.8, 4) is 5.69 Å². The largest absolute Gasteiger partial charge is 0.481 e. The molecule has 0 bridgehead atoms. The Morgan fingerprint density at radius 1 is 1.30 bits per heavy atom. The van der Waals surface area contributed by atoms with Crippen molar-refractivity contribution in [3.63, 3.8) is 0 Å². The van der Waals surface area contributed by atoms with Crippen molar-refractivity contribution in [2.24, 2.45) is 17.3 Å². The molecule has 0 saturated heterocycles. The fourth-order valence-corrected chi connectivity index (χ4v) is 2.99. The number of amides is 1. The van der Waals surface area contributed by atoms with Gasteiger partial charge in [-0.05, 0) is 41.0 Å². The van der Waals surface area contributed by atoms with Crippen LogP contribution in [0.1, 0.15) is 19.7 Å². The van der Waals surface area contributed by atoms with Gasteiger partial charge < -0.3 is 10.4 Å². The Morgan fingerprint density at radius 3 is 2.61 bits per heavy atom. The number of nitrogens with zero attached hydrogens (tertiary/aromatic N) is 4. The van der Waals surface area contributed by atoms with Crippen LogP contribution in [0.3, 0.4) is 0 Å². The third-order valence-corrected chi connectivity index (χ3v) is 4.36. The number of hydrogen-bond donors (Lipinski definition) is 2. The van der Waals surface area contributed by atoms with Crippen LogP contribution in [0.2, 0.25) is 0 Å². The van der Waals surface area contributed by atoms with E-state index < -0.39 is 23.2 Å². The van der Waals surface area contributed by atoms with Crippen molar-refractivity contribution >= 4 is 17.6 Å². The summed E-state index contributed by atoms with van der Waals surface area (Å²) in [5.74, 6) is -1.77. The van der Waals surface area contributed by atoms with Crippen LogP contribution in [-0.4, -0.2) is 37.2 Å². The fraction of sp³-hybridized carbons (Fsp3) is 0.400. The quantitative estimate of drug-likeness (QED) is 0.879. The molecule has 0 aliphatic heterocycles. The summed E-state index contributed by atoms with van der Waals surface area (Å²) in [4.78, 5) is 23.5. The molecule has 1 saturated carbocycles. The molecule has 2 unspecified atom stereocenters. The molecule has 1 aliphatic rings. The molecule has 2 aromatic rings. The Labute approximate surface area is 132 Å². The van der Waals surface area contributed by atoms with Gasteiger partial charge in [0.1, 0.15) is 0 Å². The zero-order chi connectivity index (χ0) is 16.8. The predicted molar refractivity (Wildman–Crippen MR) is 80.9 cm³/mol. The van der Waals surface area contributed by atoms with Gasteiger partial charge in [-0.25, -0.2) is 0 Å². The molecule has 1 aliphatic carbocycles. The lowest BCUT2D eigenvalue weighted by Crippen LogP contribution is -2.18. The van der Waals surface area contributed by atoms with Crippen LogP contribution in [-0.2, 0) is 9.59 Å². The SMILES string of the molecule is Cc1nnnn1-c1cccc(NC(=O)C2C(C(=O)O)C2(C)C)c1. The van der Waals surface area contributed by atoms with E-state index in [1.807, 2.05) is 6.07 Å². The molecule has 0 radical (unpaired) electrons. The zero-order valence-corrected chi connectivity index (χ0v) is 13.0. The van der Waals surface area contributed by atoms with Crippen LogP contribution >= 0.6 is 0 Å². The van der Waals surface area contributed by atoms with Crippen LogP contribution < -0.4 is 5.32 Å². The minimum absolute atomic E-state index is 0.284. The zero-order valence-electron chi connectivity index (χ0n) is 13.0. The lowest BCUT2D eigenvalue weighted by Gasteiger charge is -2.08. The number of nitrogens with one attached hydrogen (secondary N) is 1. The van der Waals surface area contributed by atoms with Gasteiger partial charge in [0.05, 0.1) is 17.5 Å². The van der Waals surface area contributed by atoms with Crippen LogP contribution in [0, 0.1) is 24.2 Å². The smallest absolute Gasteiger partial charge is 0.307 e. The molecule has 1 amide bonds. The van der Waals surface area contributed by atoms with Crippen molar-refractivity contribution in [2.75, 3.05) is 5.32 Å². The van der Waals surface area contributed by atoms with E-state index in [1.54, 1.807) is 43.7 Å². The first-order valence-electron chi connectivity index (χ1n) is 7.21. The molecular formula is C15H17N5O3. The van der Waals surface area contributed by atoms with Gasteiger partial charge in [0, 0.05) is 5.69 Å². The lowest BCUT2D eigenvalue weighted by molar-refractivity contribution is -0.140. The van der Waals surface area contributed by atoms with Crippen molar-refractivity contribution in [2.45, 2.75) is 20.8 Å². The Morgan fingerprint density at radius 2 is 2.04 bits per heavy atom. The maximum Gasteiger partial charge on any atom is 0.307 e. The molecule has 1 fully saturated rings. The number of aryl methyl sites for hydroxylation is 1. The van der Waals surface area contributed by atoms with Crippen LogP contribution in [0.5, 0.6) is 0 Å². The maximum atomic E-state index is 12.3. The summed E-state index contributed by atoms with van der Waals surface area (Å²) >= 11 is 0. The maximum absolute atomic E-state index is 12.3. The Kier molecular flexibility index (Phi) is 3.39. The molecule has 120 valence electrons. The van der Waals surface area contributed by atoms with Gasteiger partial charge in [-0.1, -0.05) is 19.9 Å². The minimum Gasteiger partial charge on any atom is -0.481 e. The number of carboxylic acid groups (broad SMARTS) is 1. The second-order valence-corrected chi connectivity index (χ2v) is 6.29. The third-order valence-electron chi connectivity index (χ3n) is 4.36. The summed E-state index contributed by atoms with van der Waals surface area (Å²) in [5.41, 5.74) is 0.768. The first kappa shape index (κ1) is 15.1. The Hall–Kier alpha value is -2.77. The van der Waals surface area contributed by atoms with Crippen LogP contribution in [0.15, 0.2) is 24.3 Å². The third kappa shape index (κ3) is 2.56. The number of carboxylic acids is 1. The molecule has 8 nitrogen and oxygen atoms in total. The van der Waals surface area contributed by atoms with Gasteiger partial charge in [-0.3, -0.25) is 9.59 Å². The standard InChI is InChI=1S/C15H17N5O3/c1-8-17-18-19-20(8)10-6-4-5-9(7-10)16-13(21)11-12(14(22)23)15(11,2)3/h4-7,11-12H,1-3H3,(H,16,21)(H,22,23). The second-order valence-electron chi connectivity index (χ2n) is 6.29. The molecule has 2 N–H and O–H groups in total. The van der Waals surface area contributed by atoms with Crippen LogP contribution in [0.4, 0.5) is 5.69 Å². The van der Waals surface area contributed by atoms with Crippen LogP contribution in [0.25, 0.3) is 5.69 Å². The summed E-state index contributed by atoms with van der Waals surface area (Å²) in [6.07, 6.45) is 0. The first-order chi connectivity index (χ1) is 10.8. The number of carbonyl (C=O) groups excluding carboxylic acids is 1. The molecule has 1 heterocycles. The molecular weight excluding hydrogens is 298 g/mol. The number of benzene rings is 1. The van der Waals surface area contributed by atoms with E-state index in [2.05, 4.69) is 20.8 Å². The normalized spacial score (nSPS) is 21.7. The van der Waals surface area contributed by atoms with Gasteiger partial charge in [0.2, 0.25) is 5.91 Å². The minimum atomic E-state index is -0.937. The molecule has 1 aromatic heterocycles. The number of carbonyl (C=O) groups is 2. The van der Waals surface area contributed by atoms with Crippen molar-refractivity contribution in [1.82, 2.24) is 20.2 Å². The number of tetrazole rings is 1. The van der Waals surface area contributed by atoms with Gasteiger partial charge in [0.25, 0.3) is 0 Å². The average molecular weight is 315 g/mol. The number of rotatable bonds is 4. The summed E-state index contributed by atoms with van der Waals surface area (Å²) in [5, 5.41) is 23.2. The number of anilines is 1. The van der Waals surface area contributed by atoms with Crippen molar-refractivity contribution in [1.29, 1.82) is 0 Å². The molecule has 3 rings (SSSR count). The molecule has 23 heavy (non-hydrogen) atoms. The molecule has 0 spiro atoms. The van der Waals surface area contributed by atoms with E-state index in [-0.39, 0.29) is 5.91 Å². The van der Waals surface area contributed by atoms with E-state index >= 15 is 0 Å². The summed E-state index contributed by atoms with van der Waals surface area (Å²) < 4.78 is 1.55. The van der Waals surface area contributed by atoms with Crippen molar-refractivity contribution < 1.29 is 14.7 Å². The molecule has 1 aromatic carbocycles. The fourth-order valence-electron chi connectivity index (χ4n) is 2.99. The summed E-state index contributed by atoms with van der Waals surface area (Å²) in [6, 6.07) is 7.08. The van der Waals surface area contributed by atoms with Gasteiger partial charge in [-0.15, -0.1) is 5.10 Å². The number of aromatic nitrogens is 4. The average Bonchev–Trinajstić information content (AvgIpc) is 2.83. The molecule has 2 atom stereocenters. The lowest BCUT2D eigenvalue weighted by atomic mass is 10.1. The topological polar surface area (TPSA) is 110 Å². The number of hydrogen-bond acceptors (Lipinski definition) is 5. The highest BCUT2D eigenvalue weighted by Gasteiger charge is 2.65. The van der Waals surface area contributed by atoms with E-state index in [0.29, 0.717) is 11.5 Å². The predicted octanol–water partition coefficient (Wildman–Crippen LogP) is 1.27. The highest BCUT2D eigenvalue weighted by Crippen LogP contribution is 2.58. The van der Waals surface area contributed by atoms with E-state index in [1.165, 1.54) is 0 Å².